The lowest BCUT2D eigenvalue weighted by molar-refractivity contribution is 0.262. The number of azo groups is 2. The number of carbonyl (C=O) groups is 1. The minimum Gasteiger partial charge on any atom is -0.744 e. The van der Waals surface area contributed by atoms with Gasteiger partial charge in [0, 0.05) is 17.4 Å². The number of nitrogens with one attached hydrogen (secondary N) is 2. The molecule has 60 heavy (non-hydrogen) atoms. The molecule has 27 heteroatoms. The third-order valence-corrected chi connectivity index (χ3v) is 11.6. The van der Waals surface area contributed by atoms with Crippen molar-refractivity contribution in [1.82, 2.24) is 0 Å². The first-order valence-corrected chi connectivity index (χ1v) is 21.6. The van der Waals surface area contributed by atoms with Crippen LogP contribution in [0, 0.1) is 0 Å². The maximum absolute atomic E-state index is 12.9. The molecule has 0 aliphatic rings. The summed E-state index contributed by atoms with van der Waals surface area (Å²) in [7, 11) is -20.4. The van der Waals surface area contributed by atoms with Crippen molar-refractivity contribution >= 4 is 114 Å². The van der Waals surface area contributed by atoms with Crippen LogP contribution < -0.4 is 22.1 Å². The molecule has 0 saturated heterocycles. The molecule has 312 valence electrons. The quantitative estimate of drug-likeness (QED) is 0.0540. The summed E-state index contributed by atoms with van der Waals surface area (Å²) in [5.41, 5.74) is 9.30. The summed E-state index contributed by atoms with van der Waals surface area (Å²) in [6.07, 6.45) is 0. The van der Waals surface area contributed by atoms with E-state index in [4.69, 9.17) is 11.5 Å². The van der Waals surface area contributed by atoms with Crippen molar-refractivity contribution in [1.29, 1.82) is 0 Å². The molecule has 6 rings (SSSR count). The minimum atomic E-state index is -5.35. The lowest BCUT2D eigenvalue weighted by atomic mass is 10.1. The number of nitrogens with two attached hydrogens (primary N) is 2. The average Bonchev–Trinajstić information content (AvgIpc) is 3.13. The van der Waals surface area contributed by atoms with E-state index in [2.05, 4.69) is 31.1 Å². The van der Waals surface area contributed by atoms with Gasteiger partial charge < -0.3 is 46.0 Å². The van der Waals surface area contributed by atoms with Gasteiger partial charge in [-0.2, -0.15) is 8.42 Å². The van der Waals surface area contributed by atoms with Crippen LogP contribution >= 0.6 is 0 Å². The third kappa shape index (κ3) is 9.06. The second-order valence-electron chi connectivity index (χ2n) is 12.3. The second kappa shape index (κ2) is 15.4. The van der Waals surface area contributed by atoms with Crippen molar-refractivity contribution in [2.45, 2.75) is 19.6 Å². The molecule has 0 heterocycles. The van der Waals surface area contributed by atoms with E-state index < -0.39 is 89.0 Å². The van der Waals surface area contributed by atoms with E-state index in [1.807, 2.05) is 0 Å². The van der Waals surface area contributed by atoms with Crippen molar-refractivity contribution < 1.29 is 66.9 Å². The molecule has 0 spiro atoms. The maximum atomic E-state index is 12.9. The number of aromatic hydroxyl groups is 2. The summed E-state index contributed by atoms with van der Waals surface area (Å²) >= 11 is 0. The highest BCUT2D eigenvalue weighted by atomic mass is 32.2. The molecule has 0 aliphatic heterocycles. The van der Waals surface area contributed by atoms with Crippen LogP contribution in [-0.2, 0) is 40.5 Å². The Balaban J connectivity index is 1.27. The minimum absolute atomic E-state index is 0.0118. The van der Waals surface area contributed by atoms with Crippen LogP contribution in [0.2, 0.25) is 0 Å². The van der Waals surface area contributed by atoms with Gasteiger partial charge in [-0.05, 0) is 77.5 Å². The zero-order chi connectivity index (χ0) is 44.1. The van der Waals surface area contributed by atoms with Gasteiger partial charge in [-0.3, -0.25) is 4.55 Å². The first kappa shape index (κ1) is 42.7. The summed E-state index contributed by atoms with van der Waals surface area (Å²) in [6, 6.07) is 12.6. The zero-order valence-corrected chi connectivity index (χ0v) is 32.7. The number of fused-ring (bicyclic) bond motifs is 2. The Labute approximate surface area is 337 Å². The lowest BCUT2D eigenvalue weighted by Gasteiger charge is -2.15. The molecule has 0 unspecified atom stereocenters. The highest BCUT2D eigenvalue weighted by Crippen LogP contribution is 2.42. The molecule has 0 atom stereocenters. The molecular weight excluding hydrogens is 877 g/mol. The van der Waals surface area contributed by atoms with E-state index in [1.165, 1.54) is 24.3 Å². The summed E-state index contributed by atoms with van der Waals surface area (Å²) < 4.78 is 140. The normalized spacial score (nSPS) is 12.7. The molecule has 0 bridgehead atoms. The van der Waals surface area contributed by atoms with Crippen molar-refractivity contribution in [2.24, 2.45) is 20.5 Å². The fraction of sp³-hybridized carbons (Fsp3) is 0. The number of carbonyl (C=O) groups excluding carboxylic acids is 1. The number of phenolic OH excluding ortho intramolecular Hbond substituents is 2. The van der Waals surface area contributed by atoms with Gasteiger partial charge in [0.2, 0.25) is 0 Å². The average molecular weight is 900 g/mol. The third-order valence-electron chi connectivity index (χ3n) is 8.22. The van der Waals surface area contributed by atoms with Crippen molar-refractivity contribution in [2.75, 3.05) is 22.1 Å². The van der Waals surface area contributed by atoms with Gasteiger partial charge in [0.25, 0.3) is 10.1 Å². The van der Waals surface area contributed by atoms with Crippen LogP contribution in [0.1, 0.15) is 0 Å². The number of phenols is 2. The number of hydrogen-bond donors (Lipinski definition) is 7. The van der Waals surface area contributed by atoms with Gasteiger partial charge in [-0.1, -0.05) is 12.1 Å². The van der Waals surface area contributed by atoms with Gasteiger partial charge in [0.05, 0.1) is 41.7 Å². The molecular formula is C33H23N8O15S4-3. The highest BCUT2D eigenvalue weighted by Gasteiger charge is 2.19. The molecule has 0 fully saturated rings. The van der Waals surface area contributed by atoms with Crippen LogP contribution in [0.5, 0.6) is 11.5 Å². The molecule has 0 saturated carbocycles. The van der Waals surface area contributed by atoms with E-state index in [0.29, 0.717) is 24.3 Å². The standard InChI is InChI=1S/C33H26N8O15S4/c34-21-5-1-15-9-19(57(45,46)47)13-25(42)29(15)31(21)40-38-23-7-3-17(11-27(23)59(51,52)53)36-33(44)37-18-4-8-24(28(12-18)60(54,55)56)39-41-32-22(35)6-2-16-10-20(58(48,49)50)14-26(43)30(16)32/h1-14,42-43H,34-35H2,(H2,36,37,44)(H,45,46,47)(H,48,49,50)(H,51,52,53)(H,54,55,56)/p-3. The van der Waals surface area contributed by atoms with E-state index in [9.17, 15) is 66.9 Å². The number of hydrogen-bond acceptors (Lipinski definition) is 20. The van der Waals surface area contributed by atoms with Crippen molar-refractivity contribution in [3.05, 3.63) is 84.9 Å². The Morgan fingerprint density at radius 2 is 0.933 bits per heavy atom. The molecule has 0 aliphatic carbocycles. The van der Waals surface area contributed by atoms with Crippen molar-refractivity contribution in [3.63, 3.8) is 0 Å². The molecule has 0 radical (unpaired) electrons. The summed E-state index contributed by atoms with van der Waals surface area (Å²) in [6.45, 7) is 0. The monoisotopic (exact) mass is 899 g/mol. The molecule has 6 aromatic carbocycles. The Hall–Kier alpha value is -6.85. The van der Waals surface area contributed by atoms with Gasteiger partial charge in [0.15, 0.2) is 0 Å². The number of rotatable bonds is 10. The van der Waals surface area contributed by atoms with E-state index in [1.54, 1.807) is 0 Å². The zero-order valence-electron chi connectivity index (χ0n) is 29.4. The predicted molar refractivity (Wildman–Crippen MR) is 208 cm³/mol. The summed E-state index contributed by atoms with van der Waals surface area (Å²) in [5.74, 6) is -1.44. The number of nitrogens with zero attached hydrogens (tertiary/aromatic N) is 4. The summed E-state index contributed by atoms with van der Waals surface area (Å²) in [5, 5.41) is 40.4. The van der Waals surface area contributed by atoms with Gasteiger partial charge in [-0.25, -0.2) is 30.0 Å². The van der Waals surface area contributed by atoms with Crippen LogP contribution in [0.4, 0.5) is 50.3 Å². The Kier molecular flexibility index (Phi) is 11.0. The fourth-order valence-corrected chi connectivity index (χ4v) is 7.92. The van der Waals surface area contributed by atoms with Gasteiger partial charge in [-0.15, -0.1) is 20.5 Å². The number of anilines is 4. The molecule has 0 aromatic heterocycles. The predicted octanol–water partition coefficient (Wildman–Crippen LogP) is 5.00. The molecule has 6 aromatic rings. The fourth-order valence-electron chi connectivity index (χ4n) is 5.59. The SMILES string of the molecule is Nc1ccc2cc(S(=O)(=O)[O-])cc(O)c2c1N=Nc1ccc(NC(=O)Nc2ccc(N=Nc3c(N)ccc4cc(S(=O)(=O)O)cc(O)c34)c(S(=O)(=O)[O-])c2)cc1S(=O)(=O)[O-]. The summed E-state index contributed by atoms with van der Waals surface area (Å²) in [4.78, 5) is 9.46. The molecule has 9 N–H and O–H groups in total. The topological polar surface area (TPSA) is 409 Å². The smallest absolute Gasteiger partial charge is 0.323 e. The highest BCUT2D eigenvalue weighted by molar-refractivity contribution is 7.86. The Bertz CT molecular complexity index is 3120. The first-order chi connectivity index (χ1) is 27.8. The van der Waals surface area contributed by atoms with E-state index in [0.717, 1.165) is 36.4 Å². The first-order valence-electron chi connectivity index (χ1n) is 16.0. The lowest BCUT2D eigenvalue weighted by Crippen LogP contribution is -2.19. The van der Waals surface area contributed by atoms with E-state index >= 15 is 0 Å². The van der Waals surface area contributed by atoms with Gasteiger partial charge >= 0.3 is 6.03 Å². The Morgan fingerprint density at radius 1 is 0.533 bits per heavy atom. The van der Waals surface area contributed by atoms with Crippen LogP contribution in [-0.4, -0.2) is 68.1 Å². The van der Waals surface area contributed by atoms with Crippen molar-refractivity contribution in [3.8, 4) is 11.5 Å². The maximum Gasteiger partial charge on any atom is 0.323 e. The van der Waals surface area contributed by atoms with Gasteiger partial charge in [0.1, 0.15) is 64.6 Å². The number of nitrogen functional groups attached to an aromatic ring is 2. The number of benzene rings is 6. The second-order valence-corrected chi connectivity index (χ2v) is 17.8. The molecule has 2 amide bonds. The number of amides is 2. The van der Waals surface area contributed by atoms with E-state index in [-0.39, 0.29) is 55.7 Å². The molecule has 23 nitrogen and oxygen atoms in total. The Morgan fingerprint density at radius 3 is 1.32 bits per heavy atom. The van der Waals surface area contributed by atoms with Crippen LogP contribution in [0.25, 0.3) is 21.5 Å². The van der Waals surface area contributed by atoms with Crippen LogP contribution in [0.15, 0.2) is 125 Å². The largest absolute Gasteiger partial charge is 0.744 e. The number of urea groups is 1. The van der Waals surface area contributed by atoms with Crippen LogP contribution in [0.3, 0.4) is 0 Å².